The maximum absolute atomic E-state index is 12.3. The lowest BCUT2D eigenvalue weighted by atomic mass is 9.94. The lowest BCUT2D eigenvalue weighted by molar-refractivity contribution is -0.358. The molecule has 1 aliphatic rings. The van der Waals surface area contributed by atoms with Crippen LogP contribution in [-0.4, -0.2) is 26.0 Å². The zero-order chi connectivity index (χ0) is 26.8. The van der Waals surface area contributed by atoms with Gasteiger partial charge in [0.2, 0.25) is 0 Å². The molecule has 5 rings (SSSR count). The lowest BCUT2D eigenvalue weighted by Gasteiger charge is -2.49. The van der Waals surface area contributed by atoms with Crippen LogP contribution in [0.25, 0.3) is 16.8 Å². The highest BCUT2D eigenvalue weighted by Gasteiger charge is 2.57. The Hall–Kier alpha value is -3.02. The third-order valence-electron chi connectivity index (χ3n) is 7.84. The van der Waals surface area contributed by atoms with Crippen LogP contribution in [-0.2, 0) is 9.16 Å². The van der Waals surface area contributed by atoms with Crippen molar-refractivity contribution < 1.29 is 14.3 Å². The van der Waals surface area contributed by atoms with Crippen LogP contribution in [0.5, 0.6) is 0 Å². The fourth-order valence-corrected chi connectivity index (χ4v) is 10.4. The van der Waals surface area contributed by atoms with E-state index in [2.05, 4.69) is 125 Å². The van der Waals surface area contributed by atoms with E-state index in [0.717, 1.165) is 23.2 Å². The summed E-state index contributed by atoms with van der Waals surface area (Å²) in [6, 6.07) is 33.6. The second kappa shape index (κ2) is 10.6. The molecule has 38 heavy (non-hydrogen) atoms. The van der Waals surface area contributed by atoms with Crippen molar-refractivity contribution in [1.82, 2.24) is 0 Å². The van der Waals surface area contributed by atoms with E-state index in [1.165, 1.54) is 21.9 Å². The van der Waals surface area contributed by atoms with Gasteiger partial charge in [0.05, 0.1) is 12.5 Å². The third kappa shape index (κ3) is 4.90. The second-order valence-corrected chi connectivity index (χ2v) is 15.6. The molecular formula is C34H38O3Si. The van der Waals surface area contributed by atoms with Gasteiger partial charge in [0.25, 0.3) is 14.3 Å². The summed E-state index contributed by atoms with van der Waals surface area (Å²) in [6.45, 7) is 9.25. The van der Waals surface area contributed by atoms with E-state index in [1.54, 1.807) is 0 Å². The molecule has 3 nitrogen and oxygen atoms in total. The molecule has 0 aromatic heterocycles. The molecular weight excluding hydrogens is 484 g/mol. The summed E-state index contributed by atoms with van der Waals surface area (Å²) in [6.07, 6.45) is 5.91. The molecule has 0 amide bonds. The average Bonchev–Trinajstić information content (AvgIpc) is 2.92. The van der Waals surface area contributed by atoms with Gasteiger partial charge in [0.15, 0.2) is 0 Å². The van der Waals surface area contributed by atoms with Crippen molar-refractivity contribution in [3.63, 3.8) is 0 Å². The van der Waals surface area contributed by atoms with E-state index in [-0.39, 0.29) is 11.0 Å². The van der Waals surface area contributed by atoms with Crippen LogP contribution in [0, 0.1) is 12.8 Å². The number of benzene rings is 4. The Morgan fingerprint density at radius 3 is 2.11 bits per heavy atom. The number of hydrogen-bond donors (Lipinski definition) is 1. The molecule has 1 N–H and O–H groups in total. The molecule has 1 aliphatic heterocycles. The molecule has 4 aromatic carbocycles. The average molecular weight is 523 g/mol. The van der Waals surface area contributed by atoms with Crippen molar-refractivity contribution in [2.24, 2.45) is 5.92 Å². The van der Waals surface area contributed by atoms with Gasteiger partial charge >= 0.3 is 0 Å². The van der Waals surface area contributed by atoms with Crippen molar-refractivity contribution in [2.75, 3.05) is 6.61 Å². The van der Waals surface area contributed by atoms with Crippen molar-refractivity contribution in [3.05, 3.63) is 114 Å². The molecule has 2 atom stereocenters. The largest absolute Gasteiger partial charge is 0.359 e. The molecule has 4 aromatic rings. The Bertz CT molecular complexity index is 1370. The summed E-state index contributed by atoms with van der Waals surface area (Å²) in [4.78, 5) is 0. The topological polar surface area (TPSA) is 38.7 Å². The van der Waals surface area contributed by atoms with E-state index >= 15 is 0 Å². The quantitative estimate of drug-likeness (QED) is 0.223. The van der Waals surface area contributed by atoms with E-state index in [4.69, 9.17) is 9.16 Å². The molecule has 1 saturated heterocycles. The van der Waals surface area contributed by atoms with Crippen molar-refractivity contribution in [2.45, 2.75) is 51.5 Å². The molecule has 4 heteroatoms. The van der Waals surface area contributed by atoms with E-state index in [9.17, 15) is 5.11 Å². The minimum Gasteiger partial charge on any atom is -0.359 e. The minimum absolute atomic E-state index is 0.271. The van der Waals surface area contributed by atoms with Crippen LogP contribution >= 0.6 is 0 Å². The second-order valence-electron chi connectivity index (χ2n) is 11.4. The predicted octanol–water partition coefficient (Wildman–Crippen LogP) is 6.81. The maximum atomic E-state index is 12.3. The first-order chi connectivity index (χ1) is 18.2. The highest BCUT2D eigenvalue weighted by molar-refractivity contribution is 6.99. The first-order valence-electron chi connectivity index (χ1n) is 13.6. The summed E-state index contributed by atoms with van der Waals surface area (Å²) < 4.78 is 13.3. The standard InChI is InChI=1S/C34H38O3Si/c1-26-21-22-27-14-11-12-20-32(27)31(26)24-23-28-15-13-25-36-34(28,35)37-38(33(2,3)4,29-16-7-5-8-17-29)30-18-9-6-10-19-30/h5-12,14,16-24,28,35H,13,15,25H2,1-4H3. The van der Waals surface area contributed by atoms with Crippen molar-refractivity contribution in [3.8, 4) is 0 Å². The summed E-state index contributed by atoms with van der Waals surface area (Å²) in [5.74, 6) is -2.05. The first-order valence-corrected chi connectivity index (χ1v) is 15.5. The number of aryl methyl sites for hydroxylation is 1. The van der Waals surface area contributed by atoms with Crippen molar-refractivity contribution >= 4 is 35.5 Å². The lowest BCUT2D eigenvalue weighted by Crippen LogP contribution is -2.71. The fourth-order valence-electron chi connectivity index (χ4n) is 5.84. The van der Waals surface area contributed by atoms with Gasteiger partial charge < -0.3 is 14.3 Å². The summed E-state index contributed by atoms with van der Waals surface area (Å²) in [7, 11) is -3.02. The monoisotopic (exact) mass is 522 g/mol. The van der Waals surface area contributed by atoms with Crippen LogP contribution in [0.15, 0.2) is 103 Å². The smallest absolute Gasteiger partial charge is 0.278 e. The van der Waals surface area contributed by atoms with Gasteiger partial charge in [-0.1, -0.05) is 130 Å². The van der Waals surface area contributed by atoms with Gasteiger partial charge in [-0.3, -0.25) is 0 Å². The number of aliphatic hydroxyl groups is 1. The molecule has 0 saturated carbocycles. The summed E-state index contributed by atoms with van der Waals surface area (Å²) in [5.41, 5.74) is 2.37. The van der Waals surface area contributed by atoms with Crippen molar-refractivity contribution in [1.29, 1.82) is 0 Å². The van der Waals surface area contributed by atoms with Crippen LogP contribution in [0.4, 0.5) is 0 Å². The number of fused-ring (bicyclic) bond motifs is 1. The Kier molecular flexibility index (Phi) is 7.43. The van der Waals surface area contributed by atoms with Crippen LogP contribution in [0.3, 0.4) is 0 Å². The van der Waals surface area contributed by atoms with Crippen LogP contribution in [0.2, 0.25) is 5.04 Å². The zero-order valence-corrected chi connectivity index (χ0v) is 23.9. The highest BCUT2D eigenvalue weighted by Crippen LogP contribution is 2.43. The molecule has 1 heterocycles. The molecule has 0 bridgehead atoms. The normalized spacial score (nSPS) is 20.7. The van der Waals surface area contributed by atoms with Gasteiger partial charge in [-0.2, -0.15) is 0 Å². The van der Waals surface area contributed by atoms with Gasteiger partial charge in [0.1, 0.15) is 0 Å². The Morgan fingerprint density at radius 2 is 1.47 bits per heavy atom. The summed E-state index contributed by atoms with van der Waals surface area (Å²) >= 11 is 0. The van der Waals surface area contributed by atoms with E-state index < -0.39 is 14.3 Å². The Labute approximate surface area is 227 Å². The van der Waals surface area contributed by atoms with E-state index in [0.29, 0.717) is 6.61 Å². The molecule has 196 valence electrons. The maximum Gasteiger partial charge on any atom is 0.278 e. The number of ether oxygens (including phenoxy) is 1. The molecule has 1 fully saturated rings. The van der Waals surface area contributed by atoms with Gasteiger partial charge in [-0.15, -0.1) is 0 Å². The molecule has 0 aliphatic carbocycles. The zero-order valence-electron chi connectivity index (χ0n) is 22.9. The van der Waals surface area contributed by atoms with Crippen LogP contribution in [0.1, 0.15) is 44.7 Å². The Balaban J connectivity index is 1.61. The third-order valence-corrected chi connectivity index (χ3v) is 12.8. The molecule has 0 radical (unpaired) electrons. The van der Waals surface area contributed by atoms with Gasteiger partial charge in [-0.05, 0) is 57.1 Å². The minimum atomic E-state index is -3.02. The fraction of sp³-hybridized carbons (Fsp3) is 0.294. The number of hydrogen-bond acceptors (Lipinski definition) is 3. The molecule has 2 unspecified atom stereocenters. The van der Waals surface area contributed by atoms with Gasteiger partial charge in [0, 0.05) is 0 Å². The number of rotatable bonds is 6. The van der Waals surface area contributed by atoms with Gasteiger partial charge in [-0.25, -0.2) is 0 Å². The predicted molar refractivity (Wildman–Crippen MR) is 160 cm³/mol. The first kappa shape index (κ1) is 26.6. The summed E-state index contributed by atoms with van der Waals surface area (Å²) in [5, 5.41) is 16.6. The SMILES string of the molecule is Cc1ccc2ccccc2c1C=CC1CCCOC1(O)O[Si](c1ccccc1)(c1ccccc1)C(C)(C)C. The highest BCUT2D eigenvalue weighted by atomic mass is 28.4. The molecule has 0 spiro atoms. The van der Waals surface area contributed by atoms with Crippen LogP contribution < -0.4 is 10.4 Å². The Morgan fingerprint density at radius 1 is 0.868 bits per heavy atom. The van der Waals surface area contributed by atoms with E-state index in [1.807, 2.05) is 12.1 Å².